The molecule has 3 rings (SSSR count). The van der Waals surface area contributed by atoms with Gasteiger partial charge in [-0.15, -0.1) is 0 Å². The van der Waals surface area contributed by atoms with E-state index in [2.05, 4.69) is 52.5 Å². The first kappa shape index (κ1) is 14.0. The minimum atomic E-state index is 0.448. The van der Waals surface area contributed by atoms with Crippen LogP contribution >= 0.6 is 0 Å². The molecule has 20 heavy (non-hydrogen) atoms. The van der Waals surface area contributed by atoms with Gasteiger partial charge in [0.05, 0.1) is 41.4 Å². The van der Waals surface area contributed by atoms with Crippen LogP contribution in [-0.4, -0.2) is 66.7 Å². The first-order valence-corrected chi connectivity index (χ1v) is 7.37. The monoisotopic (exact) mass is 278 g/mol. The fourth-order valence-electron chi connectivity index (χ4n) is 2.84. The van der Waals surface area contributed by atoms with Crippen molar-refractivity contribution in [2.45, 2.75) is 12.2 Å². The summed E-state index contributed by atoms with van der Waals surface area (Å²) < 4.78 is 12.5. The maximum Gasteiger partial charge on any atom is 0.132 e. The Hall–Kier alpha value is -0.940. The van der Waals surface area contributed by atoms with E-state index in [1.54, 1.807) is 0 Å². The van der Waals surface area contributed by atoms with Gasteiger partial charge in [0.25, 0.3) is 0 Å². The highest BCUT2D eigenvalue weighted by Gasteiger charge is 2.35. The van der Waals surface area contributed by atoms with Crippen LogP contribution in [0.1, 0.15) is 0 Å². The second-order valence-corrected chi connectivity index (χ2v) is 7.16. The van der Waals surface area contributed by atoms with Crippen molar-refractivity contribution < 1.29 is 9.47 Å². The number of hydrogen-bond acceptors (Lipinski definition) is 2. The number of epoxide rings is 2. The Bertz CT molecular complexity index is 429. The number of hydrogen-bond donors (Lipinski definition) is 0. The fourth-order valence-corrected chi connectivity index (χ4v) is 2.84. The second-order valence-electron chi connectivity index (χ2n) is 7.16. The average molecular weight is 278 g/mol. The highest BCUT2D eigenvalue weighted by atomic mass is 16.6. The number of benzene rings is 1. The van der Waals surface area contributed by atoms with Crippen molar-refractivity contribution in [1.29, 1.82) is 0 Å². The molecule has 0 spiro atoms. The number of nitrogens with zero attached hydrogens (tertiary/aromatic N) is 2. The molecule has 2 unspecified atom stereocenters. The largest absolute Gasteiger partial charge is 0.367 e. The molecule has 4 nitrogen and oxygen atoms in total. The van der Waals surface area contributed by atoms with Gasteiger partial charge in [-0.2, -0.15) is 0 Å². The number of ether oxygens (including phenoxy) is 2. The highest BCUT2D eigenvalue weighted by molar-refractivity contribution is 5.52. The third-order valence-electron chi connectivity index (χ3n) is 4.37. The van der Waals surface area contributed by atoms with Crippen molar-refractivity contribution in [1.82, 2.24) is 8.97 Å². The number of likely N-dealkylation sites (N-methyl/N-ethyl adjacent to an activating group) is 2. The average Bonchev–Trinajstić information content (AvgIpc) is 3.26. The lowest BCUT2D eigenvalue weighted by Crippen LogP contribution is -2.45. The molecule has 2 heterocycles. The van der Waals surface area contributed by atoms with E-state index in [0.717, 1.165) is 35.3 Å². The third-order valence-corrected chi connectivity index (χ3v) is 4.37. The zero-order chi connectivity index (χ0) is 14.4. The van der Waals surface area contributed by atoms with Gasteiger partial charge in [-0.25, -0.2) is 0 Å². The molecule has 1 aromatic carbocycles. The zero-order valence-electron chi connectivity index (χ0n) is 13.0. The van der Waals surface area contributed by atoms with E-state index in [1.165, 1.54) is 11.4 Å². The van der Waals surface area contributed by atoms with Crippen LogP contribution < -0.4 is 8.97 Å². The van der Waals surface area contributed by atoms with E-state index in [9.17, 15) is 0 Å². The van der Waals surface area contributed by atoms with Crippen LogP contribution in [0.5, 0.6) is 0 Å². The van der Waals surface area contributed by atoms with Crippen molar-refractivity contribution in [3.05, 3.63) is 24.3 Å². The van der Waals surface area contributed by atoms with Crippen molar-refractivity contribution in [2.75, 3.05) is 54.5 Å². The Balaban J connectivity index is 1.72. The predicted molar refractivity (Wildman–Crippen MR) is 82.9 cm³/mol. The zero-order valence-corrected chi connectivity index (χ0v) is 13.0. The van der Waals surface area contributed by atoms with E-state index < -0.39 is 0 Å². The van der Waals surface area contributed by atoms with Crippen LogP contribution in [0.2, 0.25) is 0 Å². The molecule has 4 heteroatoms. The summed E-state index contributed by atoms with van der Waals surface area (Å²) in [6, 6.07) is 9.02. The van der Waals surface area contributed by atoms with Gasteiger partial charge in [0.2, 0.25) is 0 Å². The molecule has 2 aliphatic rings. The lowest BCUT2D eigenvalue weighted by molar-refractivity contribution is 0.317. The summed E-state index contributed by atoms with van der Waals surface area (Å²) in [5.41, 5.74) is 2.68. The lowest BCUT2D eigenvalue weighted by atomic mass is 10.2. The Morgan fingerprint density at radius 3 is 1.35 bits per heavy atom. The van der Waals surface area contributed by atoms with Crippen molar-refractivity contribution in [3.8, 4) is 0 Å². The van der Waals surface area contributed by atoms with Crippen LogP contribution in [0.4, 0.5) is 11.4 Å². The van der Waals surface area contributed by atoms with Gasteiger partial charge in [-0.1, -0.05) is 0 Å². The van der Waals surface area contributed by atoms with E-state index in [0.29, 0.717) is 12.2 Å². The Morgan fingerprint density at radius 2 is 1.10 bits per heavy atom. The molecule has 0 radical (unpaired) electrons. The molecule has 2 atom stereocenters. The molecule has 0 bridgehead atoms. The molecule has 0 aromatic heterocycles. The summed E-state index contributed by atoms with van der Waals surface area (Å²) in [7, 11) is 8.98. The molecular weight excluding hydrogens is 252 g/mol. The fraction of sp³-hybridized carbons (Fsp3) is 0.625. The van der Waals surface area contributed by atoms with Crippen LogP contribution in [0, 0.1) is 0 Å². The van der Waals surface area contributed by atoms with Gasteiger partial charge >= 0.3 is 0 Å². The minimum absolute atomic E-state index is 0.448. The number of quaternary nitrogens is 2. The topological polar surface area (TPSA) is 25.1 Å². The minimum Gasteiger partial charge on any atom is -0.367 e. The van der Waals surface area contributed by atoms with Gasteiger partial charge in [0, 0.05) is 24.3 Å². The molecule has 2 saturated heterocycles. The van der Waals surface area contributed by atoms with E-state index >= 15 is 0 Å². The van der Waals surface area contributed by atoms with Crippen molar-refractivity contribution in [3.63, 3.8) is 0 Å². The number of rotatable bonds is 6. The first-order valence-electron chi connectivity index (χ1n) is 7.37. The van der Waals surface area contributed by atoms with Gasteiger partial charge < -0.3 is 9.47 Å². The lowest BCUT2D eigenvalue weighted by Gasteiger charge is -2.31. The standard InChI is InChI=1S/C16H26N2O2/c1-17(2,9-15-11-19-15)13-5-7-14(8-6-13)18(3,4)10-16-12-20-16/h5-8,15-16H,9-12H2,1-4H3/q+2. The Kier molecular flexibility index (Phi) is 3.37. The molecule has 0 aliphatic carbocycles. The summed E-state index contributed by atoms with van der Waals surface area (Å²) in [6.45, 7) is 3.94. The molecule has 0 saturated carbocycles. The molecule has 2 fully saturated rings. The first-order chi connectivity index (χ1) is 9.37. The van der Waals surface area contributed by atoms with Crippen LogP contribution in [0.15, 0.2) is 24.3 Å². The summed E-state index contributed by atoms with van der Waals surface area (Å²) in [5.74, 6) is 0. The molecular formula is C16H26N2O2+2. The summed E-state index contributed by atoms with van der Waals surface area (Å²) in [6.07, 6.45) is 0.896. The summed E-state index contributed by atoms with van der Waals surface area (Å²) in [5, 5.41) is 0. The van der Waals surface area contributed by atoms with Crippen molar-refractivity contribution in [2.24, 2.45) is 0 Å². The van der Waals surface area contributed by atoms with Gasteiger partial charge in [-0.3, -0.25) is 8.97 Å². The van der Waals surface area contributed by atoms with Crippen LogP contribution in [-0.2, 0) is 9.47 Å². The molecule has 1 aromatic rings. The van der Waals surface area contributed by atoms with E-state index in [4.69, 9.17) is 9.47 Å². The van der Waals surface area contributed by atoms with Crippen LogP contribution in [0.25, 0.3) is 0 Å². The van der Waals surface area contributed by atoms with Crippen LogP contribution in [0.3, 0.4) is 0 Å². The summed E-state index contributed by atoms with van der Waals surface area (Å²) in [4.78, 5) is 0. The van der Waals surface area contributed by atoms with Gasteiger partial charge in [0.15, 0.2) is 0 Å². The normalized spacial score (nSPS) is 25.6. The summed E-state index contributed by atoms with van der Waals surface area (Å²) >= 11 is 0. The second kappa shape index (κ2) is 4.81. The Morgan fingerprint density at radius 1 is 0.800 bits per heavy atom. The van der Waals surface area contributed by atoms with Crippen molar-refractivity contribution >= 4 is 11.4 Å². The van der Waals surface area contributed by atoms with E-state index in [1.807, 2.05) is 0 Å². The SMILES string of the molecule is C[N+](C)(CC1CO1)c1ccc([N+](C)(C)CC2CO2)cc1. The quantitative estimate of drug-likeness (QED) is 0.583. The molecule has 0 N–H and O–H groups in total. The highest BCUT2D eigenvalue weighted by Crippen LogP contribution is 2.28. The smallest absolute Gasteiger partial charge is 0.132 e. The van der Waals surface area contributed by atoms with Gasteiger partial charge in [0.1, 0.15) is 36.7 Å². The molecule has 110 valence electrons. The van der Waals surface area contributed by atoms with E-state index in [-0.39, 0.29) is 0 Å². The molecule has 0 amide bonds. The Labute approximate surface area is 121 Å². The van der Waals surface area contributed by atoms with Gasteiger partial charge in [-0.05, 0) is 0 Å². The maximum absolute atomic E-state index is 5.36. The maximum atomic E-state index is 5.36. The molecule has 2 aliphatic heterocycles. The third kappa shape index (κ3) is 3.20. The predicted octanol–water partition coefficient (Wildman–Crippen LogP) is 1.62.